The van der Waals surface area contributed by atoms with E-state index in [9.17, 15) is 9.59 Å². The fourth-order valence-electron chi connectivity index (χ4n) is 3.48. The molecule has 0 aliphatic carbocycles. The molecule has 0 atom stereocenters. The van der Waals surface area contributed by atoms with Crippen molar-refractivity contribution < 1.29 is 23.8 Å². The lowest BCUT2D eigenvalue weighted by atomic mass is 10.0. The average Bonchev–Trinajstić information content (AvgIpc) is 3.16. The number of amides is 3. The number of piperidine rings is 1. The van der Waals surface area contributed by atoms with Gasteiger partial charge in [0.15, 0.2) is 11.5 Å². The lowest BCUT2D eigenvalue weighted by Gasteiger charge is -2.37. The Morgan fingerprint density at radius 1 is 0.962 bits per heavy atom. The van der Waals surface area contributed by atoms with E-state index in [1.807, 2.05) is 9.80 Å². The van der Waals surface area contributed by atoms with Crippen molar-refractivity contribution in [2.45, 2.75) is 18.9 Å². The summed E-state index contributed by atoms with van der Waals surface area (Å²) < 4.78 is 15.9. The summed E-state index contributed by atoms with van der Waals surface area (Å²) in [4.78, 5) is 28.7. The van der Waals surface area contributed by atoms with Crippen LogP contribution in [-0.2, 0) is 4.74 Å². The van der Waals surface area contributed by atoms with E-state index in [1.165, 1.54) is 0 Å². The van der Waals surface area contributed by atoms with E-state index in [-0.39, 0.29) is 24.8 Å². The molecule has 3 heterocycles. The summed E-state index contributed by atoms with van der Waals surface area (Å²) in [7, 11) is 0. The number of ether oxygens (including phenoxy) is 3. The second-order valence-corrected chi connectivity index (χ2v) is 6.68. The number of nitrogens with one attached hydrogen (secondary N) is 1. The first-order valence-corrected chi connectivity index (χ1v) is 9.03. The zero-order chi connectivity index (χ0) is 17.9. The van der Waals surface area contributed by atoms with Crippen molar-refractivity contribution in [1.29, 1.82) is 0 Å². The van der Waals surface area contributed by atoms with Crippen LogP contribution in [0.5, 0.6) is 11.5 Å². The molecule has 3 amide bonds. The topological polar surface area (TPSA) is 80.3 Å². The predicted octanol–water partition coefficient (Wildman–Crippen LogP) is 1.06. The molecule has 4 rings (SSSR count). The number of carbonyl (C=O) groups is 2. The second kappa shape index (κ2) is 7.41. The van der Waals surface area contributed by atoms with Crippen molar-refractivity contribution >= 4 is 11.9 Å². The molecular formula is C18H23N3O5. The van der Waals surface area contributed by atoms with Gasteiger partial charge in [-0.25, -0.2) is 4.79 Å². The normalized spacial score (nSPS) is 20.2. The van der Waals surface area contributed by atoms with Gasteiger partial charge >= 0.3 is 6.03 Å². The highest BCUT2D eigenvalue weighted by Crippen LogP contribution is 2.32. The SMILES string of the molecule is O=C(NC1CCN(C(=O)N2CCOCC2)CC1)c1ccc2c(c1)OCO2. The number of hydrogen-bond acceptors (Lipinski definition) is 5. The van der Waals surface area contributed by atoms with Gasteiger partial charge in [-0.05, 0) is 31.0 Å². The third-order valence-electron chi connectivity index (χ3n) is 5.02. The first kappa shape index (κ1) is 17.0. The number of hydrogen-bond donors (Lipinski definition) is 1. The smallest absolute Gasteiger partial charge is 0.320 e. The van der Waals surface area contributed by atoms with Crippen LogP contribution in [0.2, 0.25) is 0 Å². The van der Waals surface area contributed by atoms with Gasteiger partial charge in [-0.15, -0.1) is 0 Å². The largest absolute Gasteiger partial charge is 0.454 e. The molecule has 2 saturated heterocycles. The Bertz CT molecular complexity index is 681. The first-order chi connectivity index (χ1) is 12.7. The fourth-order valence-corrected chi connectivity index (χ4v) is 3.48. The molecule has 3 aliphatic heterocycles. The number of carbonyl (C=O) groups excluding carboxylic acids is 2. The van der Waals surface area contributed by atoms with E-state index in [0.717, 1.165) is 12.8 Å². The van der Waals surface area contributed by atoms with Crippen molar-refractivity contribution in [3.63, 3.8) is 0 Å². The zero-order valence-electron chi connectivity index (χ0n) is 14.6. The molecule has 1 aromatic rings. The van der Waals surface area contributed by atoms with Crippen molar-refractivity contribution in [1.82, 2.24) is 15.1 Å². The number of nitrogens with zero attached hydrogens (tertiary/aromatic N) is 2. The second-order valence-electron chi connectivity index (χ2n) is 6.68. The van der Waals surface area contributed by atoms with E-state index in [1.54, 1.807) is 18.2 Å². The molecule has 0 unspecified atom stereocenters. The molecule has 1 aromatic carbocycles. The Labute approximate surface area is 152 Å². The minimum Gasteiger partial charge on any atom is -0.454 e. The highest BCUT2D eigenvalue weighted by atomic mass is 16.7. The van der Waals surface area contributed by atoms with Gasteiger partial charge in [-0.3, -0.25) is 4.79 Å². The van der Waals surface area contributed by atoms with Crippen molar-refractivity contribution in [2.75, 3.05) is 46.2 Å². The number of fused-ring (bicyclic) bond motifs is 1. The molecule has 0 saturated carbocycles. The minimum absolute atomic E-state index is 0.0710. The van der Waals surface area contributed by atoms with Crippen LogP contribution in [0.25, 0.3) is 0 Å². The Kier molecular flexibility index (Phi) is 4.83. The molecular weight excluding hydrogens is 338 g/mol. The van der Waals surface area contributed by atoms with Crippen molar-refractivity contribution in [3.8, 4) is 11.5 Å². The summed E-state index contributed by atoms with van der Waals surface area (Å²) in [5.74, 6) is 1.14. The van der Waals surface area contributed by atoms with Gasteiger partial charge in [0, 0.05) is 37.8 Å². The van der Waals surface area contributed by atoms with Crippen molar-refractivity contribution in [3.05, 3.63) is 23.8 Å². The van der Waals surface area contributed by atoms with Crippen LogP contribution in [0, 0.1) is 0 Å². The van der Waals surface area contributed by atoms with Gasteiger partial charge in [0.1, 0.15) is 0 Å². The van der Waals surface area contributed by atoms with Gasteiger partial charge in [-0.1, -0.05) is 0 Å². The molecule has 26 heavy (non-hydrogen) atoms. The molecule has 8 nitrogen and oxygen atoms in total. The molecule has 2 fully saturated rings. The summed E-state index contributed by atoms with van der Waals surface area (Å²) >= 11 is 0. The van der Waals surface area contributed by atoms with Crippen LogP contribution >= 0.6 is 0 Å². The third kappa shape index (κ3) is 3.55. The van der Waals surface area contributed by atoms with E-state index >= 15 is 0 Å². The van der Waals surface area contributed by atoms with E-state index in [0.29, 0.717) is 56.5 Å². The van der Waals surface area contributed by atoms with Crippen LogP contribution in [0.15, 0.2) is 18.2 Å². The molecule has 0 radical (unpaired) electrons. The standard InChI is InChI=1S/C18H23N3O5/c22-17(13-1-2-15-16(11-13)26-12-25-15)19-14-3-5-20(6-4-14)18(23)21-7-9-24-10-8-21/h1-2,11,14H,3-10,12H2,(H,19,22). The summed E-state index contributed by atoms with van der Waals surface area (Å²) in [5.41, 5.74) is 0.557. The van der Waals surface area contributed by atoms with Gasteiger partial charge in [-0.2, -0.15) is 0 Å². The Hall–Kier alpha value is -2.48. The number of rotatable bonds is 2. The predicted molar refractivity (Wildman–Crippen MR) is 92.4 cm³/mol. The highest BCUT2D eigenvalue weighted by molar-refractivity contribution is 5.95. The zero-order valence-corrected chi connectivity index (χ0v) is 14.6. The lowest BCUT2D eigenvalue weighted by molar-refractivity contribution is 0.0407. The summed E-state index contributed by atoms with van der Waals surface area (Å²) in [5, 5.41) is 3.06. The van der Waals surface area contributed by atoms with Gasteiger partial charge in [0.25, 0.3) is 5.91 Å². The number of likely N-dealkylation sites (tertiary alicyclic amines) is 1. The van der Waals surface area contributed by atoms with Crippen LogP contribution in [0.4, 0.5) is 4.79 Å². The molecule has 3 aliphatic rings. The fraction of sp³-hybridized carbons (Fsp3) is 0.556. The molecule has 140 valence electrons. The molecule has 0 aromatic heterocycles. The van der Waals surface area contributed by atoms with E-state index in [4.69, 9.17) is 14.2 Å². The minimum atomic E-state index is -0.124. The van der Waals surface area contributed by atoms with E-state index in [2.05, 4.69) is 5.32 Å². The quantitative estimate of drug-likeness (QED) is 0.852. The Morgan fingerprint density at radius 3 is 2.42 bits per heavy atom. The first-order valence-electron chi connectivity index (χ1n) is 9.03. The Balaban J connectivity index is 1.28. The summed E-state index contributed by atoms with van der Waals surface area (Å²) in [6.45, 7) is 4.02. The van der Waals surface area contributed by atoms with Crippen molar-refractivity contribution in [2.24, 2.45) is 0 Å². The van der Waals surface area contributed by atoms with Crippen LogP contribution < -0.4 is 14.8 Å². The highest BCUT2D eigenvalue weighted by Gasteiger charge is 2.28. The van der Waals surface area contributed by atoms with E-state index < -0.39 is 0 Å². The maximum absolute atomic E-state index is 12.5. The maximum Gasteiger partial charge on any atom is 0.320 e. The molecule has 1 N–H and O–H groups in total. The lowest BCUT2D eigenvalue weighted by Crippen LogP contribution is -2.52. The van der Waals surface area contributed by atoms with Crippen LogP contribution in [0.3, 0.4) is 0 Å². The van der Waals surface area contributed by atoms with Gasteiger partial charge in [0.2, 0.25) is 6.79 Å². The monoisotopic (exact) mass is 361 g/mol. The number of benzene rings is 1. The van der Waals surface area contributed by atoms with Crippen LogP contribution in [0.1, 0.15) is 23.2 Å². The maximum atomic E-state index is 12.5. The number of urea groups is 1. The molecule has 8 heteroatoms. The molecule has 0 bridgehead atoms. The summed E-state index contributed by atoms with van der Waals surface area (Å²) in [6.07, 6.45) is 1.51. The molecule has 0 spiro atoms. The third-order valence-corrected chi connectivity index (χ3v) is 5.02. The van der Waals surface area contributed by atoms with Gasteiger partial charge < -0.3 is 29.3 Å². The Morgan fingerprint density at radius 2 is 1.65 bits per heavy atom. The average molecular weight is 361 g/mol. The summed E-state index contributed by atoms with van der Waals surface area (Å²) in [6, 6.07) is 5.34. The van der Waals surface area contributed by atoms with Crippen LogP contribution in [-0.4, -0.2) is 74.0 Å². The van der Waals surface area contributed by atoms with Gasteiger partial charge in [0.05, 0.1) is 13.2 Å². The number of morpholine rings is 1.